The molecule has 77 heavy (non-hydrogen) atoms. The van der Waals surface area contributed by atoms with Gasteiger partial charge in [-0.05, 0) is 58.8 Å². The molecule has 0 saturated carbocycles. The highest BCUT2D eigenvalue weighted by Gasteiger charge is 2.42. The molecule has 12 atom stereocenters. The lowest BCUT2D eigenvalue weighted by atomic mass is 10.0. The van der Waals surface area contributed by atoms with E-state index in [1.165, 1.54) is 6.92 Å². The Labute approximate surface area is 441 Å². The molecule has 11 amide bonds. The zero-order chi connectivity index (χ0) is 59.1. The number of guanidine groups is 1. The van der Waals surface area contributed by atoms with E-state index < -0.39 is 171 Å². The number of hydrogen-bond donors (Lipinski definition) is 18. The molecular weight excluding hydrogens is 1050 g/mol. The van der Waals surface area contributed by atoms with Crippen LogP contribution in [0.15, 0.2) is 4.99 Å². The SMILES string of the molecule is CC(C)[C@H](NC(=O)[C@H](CC(N)=O)NC(=O)[C@@H]1CCCN1C(=O)[C@@H](NC(=O)[C@H](COP(=O)(O)O)NC(=O)[C@@H](NC(=O)[C@H](CO)NC(=O)[C@H](CCCN=C(N)N)NC(=O)[C@@H](N)CCC(N)=O)[C@@H](C)O)[C@@H](C)O)C(=O)N[C@@H](C)C=O. The second-order valence-electron chi connectivity index (χ2n) is 18.3. The maximum Gasteiger partial charge on any atom is 0.469 e. The molecule has 436 valence electrons. The Morgan fingerprint density at radius 2 is 1.19 bits per heavy atom. The number of aldehydes is 1. The van der Waals surface area contributed by atoms with Crippen LogP contribution in [0.25, 0.3) is 0 Å². The maximum atomic E-state index is 14.1. The van der Waals surface area contributed by atoms with E-state index in [1.54, 1.807) is 13.8 Å². The van der Waals surface area contributed by atoms with Gasteiger partial charge >= 0.3 is 7.82 Å². The van der Waals surface area contributed by atoms with Crippen molar-refractivity contribution in [1.82, 2.24) is 47.4 Å². The van der Waals surface area contributed by atoms with Crippen LogP contribution in [0.5, 0.6) is 0 Å². The van der Waals surface area contributed by atoms with Crippen molar-refractivity contribution < 1.29 is 91.7 Å². The minimum absolute atomic E-state index is 0.0309. The first-order valence-corrected chi connectivity index (χ1v) is 25.5. The second-order valence-corrected chi connectivity index (χ2v) is 19.5. The van der Waals surface area contributed by atoms with E-state index in [-0.39, 0.29) is 57.6 Å². The first kappa shape index (κ1) is 68.1. The summed E-state index contributed by atoms with van der Waals surface area (Å²) in [5.41, 5.74) is 27.0. The summed E-state index contributed by atoms with van der Waals surface area (Å²) in [5, 5.41) is 49.3. The number of aliphatic hydroxyl groups excluding tert-OH is 3. The van der Waals surface area contributed by atoms with E-state index in [2.05, 4.69) is 46.7 Å². The molecule has 0 aromatic carbocycles. The molecule has 1 aliphatic rings. The molecule has 1 saturated heterocycles. The van der Waals surface area contributed by atoms with Gasteiger partial charge in [0.15, 0.2) is 5.96 Å². The molecule has 0 aromatic rings. The zero-order valence-electron chi connectivity index (χ0n) is 43.0. The lowest BCUT2D eigenvalue weighted by molar-refractivity contribution is -0.145. The van der Waals surface area contributed by atoms with Crippen LogP contribution in [0, 0.1) is 5.92 Å². The Balaban J connectivity index is 3.40. The number of nitrogens with one attached hydrogen (secondary N) is 8. The van der Waals surface area contributed by atoms with E-state index in [1.807, 2.05) is 5.32 Å². The van der Waals surface area contributed by atoms with E-state index in [9.17, 15) is 87.2 Å². The summed E-state index contributed by atoms with van der Waals surface area (Å²) in [6, 6.07) is -16.4. The van der Waals surface area contributed by atoms with E-state index in [0.29, 0.717) is 6.29 Å². The summed E-state index contributed by atoms with van der Waals surface area (Å²) in [6.45, 7) is 3.74. The molecule has 0 radical (unpaired) electrons. The molecule has 0 unspecified atom stereocenters. The number of nitrogens with zero attached hydrogens (tertiary/aromatic N) is 2. The van der Waals surface area contributed by atoms with Gasteiger partial charge in [-0.15, -0.1) is 0 Å². The van der Waals surface area contributed by atoms with Crippen LogP contribution in [0.3, 0.4) is 0 Å². The van der Waals surface area contributed by atoms with E-state index >= 15 is 0 Å². The molecule has 0 aliphatic carbocycles. The van der Waals surface area contributed by atoms with Gasteiger partial charge in [0, 0.05) is 19.5 Å². The van der Waals surface area contributed by atoms with Gasteiger partial charge in [0.25, 0.3) is 0 Å². The fraction of sp³-hybridized carbons (Fsp3) is 0.690. The average Bonchev–Trinajstić information content (AvgIpc) is 3.83. The van der Waals surface area contributed by atoms with Gasteiger partial charge in [-0.2, -0.15) is 0 Å². The van der Waals surface area contributed by atoms with Crippen molar-refractivity contribution in [2.75, 3.05) is 26.3 Å². The number of aliphatic imine (C=N–C) groups is 1. The van der Waals surface area contributed by atoms with Crippen molar-refractivity contribution in [3.8, 4) is 0 Å². The van der Waals surface area contributed by atoms with Crippen LogP contribution >= 0.6 is 7.82 Å². The molecule has 0 aromatic heterocycles. The quantitative estimate of drug-likeness (QED) is 0.00935. The van der Waals surface area contributed by atoms with Gasteiger partial charge in [0.2, 0.25) is 65.0 Å². The fourth-order valence-corrected chi connectivity index (χ4v) is 7.50. The Morgan fingerprint density at radius 1 is 0.675 bits per heavy atom. The molecule has 0 bridgehead atoms. The number of primary amides is 2. The smallest absolute Gasteiger partial charge is 0.394 e. The number of amides is 11. The predicted octanol–water partition coefficient (Wildman–Crippen LogP) is -9.88. The molecule has 23 N–H and O–H groups in total. The molecule has 35 heteroatoms. The molecule has 1 fully saturated rings. The van der Waals surface area contributed by atoms with Gasteiger partial charge in [0.05, 0.1) is 43.9 Å². The van der Waals surface area contributed by atoms with Gasteiger partial charge in [-0.3, -0.25) is 62.3 Å². The number of rotatable bonds is 34. The minimum Gasteiger partial charge on any atom is -0.394 e. The first-order chi connectivity index (χ1) is 35.7. The molecule has 1 aliphatic heterocycles. The number of hydrogen-bond acceptors (Lipinski definition) is 19. The highest BCUT2D eigenvalue weighted by molar-refractivity contribution is 7.46. The second kappa shape index (κ2) is 32.6. The van der Waals surface area contributed by atoms with Crippen LogP contribution in [0.1, 0.15) is 79.6 Å². The van der Waals surface area contributed by atoms with Gasteiger partial charge in [-0.25, -0.2) is 4.57 Å². The first-order valence-electron chi connectivity index (χ1n) is 24.0. The lowest BCUT2D eigenvalue weighted by Crippen LogP contribution is -2.63. The van der Waals surface area contributed by atoms with Crippen molar-refractivity contribution in [3.05, 3.63) is 0 Å². The Kier molecular flexibility index (Phi) is 28.8. The predicted molar refractivity (Wildman–Crippen MR) is 265 cm³/mol. The number of aliphatic hydroxyl groups is 3. The summed E-state index contributed by atoms with van der Waals surface area (Å²) >= 11 is 0. The summed E-state index contributed by atoms with van der Waals surface area (Å²) in [4.78, 5) is 179. The lowest BCUT2D eigenvalue weighted by Gasteiger charge is -2.32. The highest BCUT2D eigenvalue weighted by atomic mass is 31.2. The van der Waals surface area contributed by atoms with Crippen LogP contribution in [0.2, 0.25) is 0 Å². The van der Waals surface area contributed by atoms with Crippen LogP contribution in [-0.4, -0.2) is 206 Å². The van der Waals surface area contributed by atoms with Crippen molar-refractivity contribution in [3.63, 3.8) is 0 Å². The van der Waals surface area contributed by atoms with Crippen LogP contribution in [-0.2, 0) is 66.6 Å². The maximum absolute atomic E-state index is 14.1. The standard InChI is InChI=1S/C42H74N15O19P/c1-18(2)30(39(70)49-19(3)15-58)54-35(66)24(14-29(45)63)51-38(69)27-9-7-13-57(27)41(72)32(21(5)61)56-37(68)26(17-76-77(73,74)75)53-40(71)31(20(4)60)55-36(67)25(16-59)52-34(65)23(8-6-12-48-42(46)47)50-33(64)22(43)10-11-28(44)62/h15,18-27,30-32,59-61H,6-14,16-17,43H2,1-5H3,(H2,44,62)(H2,45,63)(H,49,70)(H,50,64)(H,51,69)(H,52,65)(H,53,71)(H,54,66)(H,55,67)(H,56,68)(H4,46,47,48)(H2,73,74,75)/t19-,20+,21+,22-,23-,24-,25-,26-,27-,30-,31-,32-/m0/s1. The number of likely N-dealkylation sites (tertiary alicyclic amines) is 1. The summed E-state index contributed by atoms with van der Waals surface area (Å²) in [7, 11) is -5.45. The Morgan fingerprint density at radius 3 is 1.71 bits per heavy atom. The third kappa shape index (κ3) is 24.3. The fourth-order valence-electron chi connectivity index (χ4n) is 7.16. The number of phosphoric ester groups is 1. The summed E-state index contributed by atoms with van der Waals surface area (Å²) in [6.07, 6.45) is -4.58. The Hall–Kier alpha value is -6.94. The third-order valence-corrected chi connectivity index (χ3v) is 11.8. The third-order valence-electron chi connectivity index (χ3n) is 11.3. The van der Waals surface area contributed by atoms with Crippen LogP contribution < -0.4 is 71.2 Å². The Bertz CT molecular complexity index is 2190. The normalized spacial score (nSPS) is 17.6. The molecule has 0 spiro atoms. The number of phosphoric acid groups is 1. The number of nitrogens with two attached hydrogens (primary N) is 5. The van der Waals surface area contributed by atoms with Crippen molar-refractivity contribution in [2.24, 2.45) is 39.6 Å². The van der Waals surface area contributed by atoms with Crippen molar-refractivity contribution in [2.45, 2.75) is 152 Å². The monoisotopic (exact) mass is 1120 g/mol. The minimum atomic E-state index is -5.45. The summed E-state index contributed by atoms with van der Waals surface area (Å²) in [5.74, 6) is -13.0. The largest absolute Gasteiger partial charge is 0.469 e. The van der Waals surface area contributed by atoms with Crippen molar-refractivity contribution >= 4 is 85.0 Å². The number of carbonyl (C=O) groups excluding carboxylic acids is 12. The average molecular weight is 1120 g/mol. The zero-order valence-corrected chi connectivity index (χ0v) is 43.9. The molecule has 1 heterocycles. The summed E-state index contributed by atoms with van der Waals surface area (Å²) < 4.78 is 16.2. The number of carbonyl (C=O) groups is 12. The molecular formula is C42H74N15O19P. The van der Waals surface area contributed by atoms with Crippen molar-refractivity contribution in [1.29, 1.82) is 0 Å². The van der Waals surface area contributed by atoms with Gasteiger partial charge in [0.1, 0.15) is 54.6 Å². The molecule has 1 rings (SSSR count). The van der Waals surface area contributed by atoms with Crippen LogP contribution in [0.4, 0.5) is 0 Å². The van der Waals surface area contributed by atoms with Gasteiger partial charge in [-0.1, -0.05) is 13.8 Å². The topological polar surface area (TPSA) is 574 Å². The van der Waals surface area contributed by atoms with E-state index in [0.717, 1.165) is 18.7 Å². The van der Waals surface area contributed by atoms with Gasteiger partial charge < -0.3 is 106 Å². The van der Waals surface area contributed by atoms with E-state index in [4.69, 9.17) is 28.7 Å². The molecule has 34 nitrogen and oxygen atoms in total. The highest BCUT2D eigenvalue weighted by Crippen LogP contribution is 2.35.